The molecule has 1 aliphatic heterocycles. The van der Waals surface area contributed by atoms with Crippen LogP contribution in [0.25, 0.3) is 0 Å². The average Bonchev–Trinajstić information content (AvgIpc) is 2.47. The number of nitrogens with zero attached hydrogens (tertiary/aromatic N) is 1. The molecule has 1 atom stereocenters. The molecule has 0 aromatic heterocycles. The lowest BCUT2D eigenvalue weighted by Gasteiger charge is -2.27. The van der Waals surface area contributed by atoms with Crippen molar-refractivity contribution in [3.8, 4) is 0 Å². The smallest absolute Gasteiger partial charge is 0.0594 e. The van der Waals surface area contributed by atoms with Crippen molar-refractivity contribution in [2.45, 2.75) is 12.5 Å². The quantitative estimate of drug-likeness (QED) is 0.783. The van der Waals surface area contributed by atoms with Crippen molar-refractivity contribution in [1.82, 2.24) is 10.2 Å². The lowest BCUT2D eigenvalue weighted by atomic mass is 10.0. The normalized spacial score (nSPS) is 17.9. The molecule has 1 unspecified atom stereocenters. The van der Waals surface area contributed by atoms with E-state index in [0.29, 0.717) is 0 Å². The van der Waals surface area contributed by atoms with E-state index in [1.807, 2.05) is 24.3 Å². The molecule has 20 heavy (non-hydrogen) atoms. The van der Waals surface area contributed by atoms with Gasteiger partial charge < -0.3 is 10.1 Å². The third-order valence-electron chi connectivity index (χ3n) is 3.58. The number of hydrogen-bond acceptors (Lipinski definition) is 3. The van der Waals surface area contributed by atoms with E-state index in [-0.39, 0.29) is 6.04 Å². The Morgan fingerprint density at radius 3 is 2.90 bits per heavy atom. The maximum absolute atomic E-state index is 6.07. The molecule has 1 heterocycles. The number of benzene rings is 1. The molecule has 0 saturated carbocycles. The van der Waals surface area contributed by atoms with Crippen LogP contribution >= 0.6 is 11.6 Å². The molecule has 1 fully saturated rings. The number of halogens is 1. The van der Waals surface area contributed by atoms with E-state index in [9.17, 15) is 0 Å². The van der Waals surface area contributed by atoms with Crippen LogP contribution in [0.5, 0.6) is 0 Å². The van der Waals surface area contributed by atoms with Crippen molar-refractivity contribution in [3.63, 3.8) is 0 Å². The average molecular weight is 295 g/mol. The molecule has 1 N–H and O–H groups in total. The van der Waals surface area contributed by atoms with E-state index >= 15 is 0 Å². The van der Waals surface area contributed by atoms with Gasteiger partial charge >= 0.3 is 0 Å². The SMILES string of the molecule is C=CCC(NCCN1CCOCC1)c1cccc(Cl)c1. The maximum Gasteiger partial charge on any atom is 0.0594 e. The van der Waals surface area contributed by atoms with E-state index in [4.69, 9.17) is 16.3 Å². The van der Waals surface area contributed by atoms with Crippen LogP contribution in [0.15, 0.2) is 36.9 Å². The molecule has 2 rings (SSSR count). The summed E-state index contributed by atoms with van der Waals surface area (Å²) in [6, 6.07) is 8.33. The van der Waals surface area contributed by atoms with Gasteiger partial charge in [0.25, 0.3) is 0 Å². The minimum absolute atomic E-state index is 0.284. The second-order valence-corrected chi connectivity index (χ2v) is 5.48. The van der Waals surface area contributed by atoms with Crippen LogP contribution in [0.4, 0.5) is 0 Å². The van der Waals surface area contributed by atoms with Crippen LogP contribution in [0.2, 0.25) is 5.02 Å². The molecule has 0 aliphatic carbocycles. The van der Waals surface area contributed by atoms with Gasteiger partial charge in [-0.1, -0.05) is 29.8 Å². The van der Waals surface area contributed by atoms with E-state index < -0.39 is 0 Å². The first-order valence-corrected chi connectivity index (χ1v) is 7.57. The topological polar surface area (TPSA) is 24.5 Å². The largest absolute Gasteiger partial charge is 0.379 e. The fourth-order valence-electron chi connectivity index (χ4n) is 2.45. The Bertz CT molecular complexity index is 419. The Balaban J connectivity index is 1.84. The molecule has 3 nitrogen and oxygen atoms in total. The highest BCUT2D eigenvalue weighted by atomic mass is 35.5. The monoisotopic (exact) mass is 294 g/mol. The molecule has 1 aromatic carbocycles. The van der Waals surface area contributed by atoms with Gasteiger partial charge in [0, 0.05) is 37.2 Å². The summed E-state index contributed by atoms with van der Waals surface area (Å²) in [4.78, 5) is 2.43. The van der Waals surface area contributed by atoms with Gasteiger partial charge in [-0.25, -0.2) is 0 Å². The summed E-state index contributed by atoms with van der Waals surface area (Å²) < 4.78 is 5.36. The minimum atomic E-state index is 0.284. The van der Waals surface area contributed by atoms with Crippen LogP contribution in [0.1, 0.15) is 18.0 Å². The Hall–Kier alpha value is -0.870. The van der Waals surface area contributed by atoms with E-state index in [0.717, 1.165) is 50.8 Å². The zero-order valence-corrected chi connectivity index (χ0v) is 12.6. The Morgan fingerprint density at radius 1 is 1.40 bits per heavy atom. The molecule has 0 bridgehead atoms. The van der Waals surface area contributed by atoms with E-state index in [1.165, 1.54) is 5.56 Å². The van der Waals surface area contributed by atoms with Crippen LogP contribution < -0.4 is 5.32 Å². The van der Waals surface area contributed by atoms with Crippen molar-refractivity contribution in [3.05, 3.63) is 47.5 Å². The van der Waals surface area contributed by atoms with Crippen molar-refractivity contribution >= 4 is 11.6 Å². The number of morpholine rings is 1. The summed E-state index contributed by atoms with van der Waals surface area (Å²) in [7, 11) is 0. The Morgan fingerprint density at radius 2 is 2.20 bits per heavy atom. The van der Waals surface area contributed by atoms with Gasteiger partial charge in [-0.15, -0.1) is 6.58 Å². The fourth-order valence-corrected chi connectivity index (χ4v) is 2.65. The predicted molar refractivity (Wildman–Crippen MR) is 84.3 cm³/mol. The lowest BCUT2D eigenvalue weighted by molar-refractivity contribution is 0.0381. The molecular weight excluding hydrogens is 272 g/mol. The fraction of sp³-hybridized carbons (Fsp3) is 0.500. The second-order valence-electron chi connectivity index (χ2n) is 5.04. The van der Waals surface area contributed by atoms with Crippen LogP contribution in [0, 0.1) is 0 Å². The molecule has 0 radical (unpaired) electrons. The number of hydrogen-bond donors (Lipinski definition) is 1. The van der Waals surface area contributed by atoms with Gasteiger partial charge in [0.15, 0.2) is 0 Å². The summed E-state index contributed by atoms with van der Waals surface area (Å²) in [6.07, 6.45) is 2.86. The van der Waals surface area contributed by atoms with Crippen LogP contribution in [0.3, 0.4) is 0 Å². The van der Waals surface area contributed by atoms with Crippen LogP contribution in [-0.2, 0) is 4.74 Å². The molecule has 1 saturated heterocycles. The highest BCUT2D eigenvalue weighted by molar-refractivity contribution is 6.30. The van der Waals surface area contributed by atoms with Gasteiger partial charge in [0.2, 0.25) is 0 Å². The van der Waals surface area contributed by atoms with Crippen LogP contribution in [-0.4, -0.2) is 44.3 Å². The summed E-state index contributed by atoms with van der Waals surface area (Å²) in [5.41, 5.74) is 1.22. The van der Waals surface area contributed by atoms with Crippen molar-refractivity contribution in [2.24, 2.45) is 0 Å². The van der Waals surface area contributed by atoms with Crippen molar-refractivity contribution in [1.29, 1.82) is 0 Å². The molecule has 0 amide bonds. The highest BCUT2D eigenvalue weighted by Crippen LogP contribution is 2.20. The maximum atomic E-state index is 6.07. The number of nitrogens with one attached hydrogen (secondary N) is 1. The third-order valence-corrected chi connectivity index (χ3v) is 3.81. The standard InChI is InChI=1S/C16H23ClN2O/c1-2-4-16(14-5-3-6-15(17)13-14)18-7-8-19-9-11-20-12-10-19/h2-3,5-6,13,16,18H,1,4,7-12H2. The van der Waals surface area contributed by atoms with E-state index in [1.54, 1.807) is 0 Å². The minimum Gasteiger partial charge on any atom is -0.379 e. The molecule has 4 heteroatoms. The van der Waals surface area contributed by atoms with Gasteiger partial charge in [0.05, 0.1) is 13.2 Å². The number of rotatable bonds is 7. The zero-order chi connectivity index (χ0) is 14.2. The molecule has 1 aromatic rings. The highest BCUT2D eigenvalue weighted by Gasteiger charge is 2.12. The zero-order valence-electron chi connectivity index (χ0n) is 11.9. The molecule has 0 spiro atoms. The van der Waals surface area contributed by atoms with Gasteiger partial charge in [0.1, 0.15) is 0 Å². The van der Waals surface area contributed by atoms with Gasteiger partial charge in [-0.05, 0) is 24.1 Å². The Kier molecular flexibility index (Phi) is 6.54. The molecule has 1 aliphatic rings. The Labute approximate surface area is 126 Å². The lowest BCUT2D eigenvalue weighted by Crippen LogP contribution is -2.40. The predicted octanol–water partition coefficient (Wildman–Crippen LogP) is 2.88. The molecular formula is C16H23ClN2O. The summed E-state index contributed by atoms with van der Waals surface area (Å²) in [6.45, 7) is 9.63. The first-order valence-electron chi connectivity index (χ1n) is 7.19. The first-order chi connectivity index (χ1) is 9.79. The summed E-state index contributed by atoms with van der Waals surface area (Å²) in [5, 5.41) is 4.38. The molecule has 110 valence electrons. The second kappa shape index (κ2) is 8.42. The van der Waals surface area contributed by atoms with Gasteiger partial charge in [-0.3, -0.25) is 4.90 Å². The summed E-state index contributed by atoms with van der Waals surface area (Å²) in [5.74, 6) is 0. The van der Waals surface area contributed by atoms with E-state index in [2.05, 4.69) is 22.9 Å². The van der Waals surface area contributed by atoms with Gasteiger partial charge in [-0.2, -0.15) is 0 Å². The van der Waals surface area contributed by atoms with Crippen molar-refractivity contribution in [2.75, 3.05) is 39.4 Å². The summed E-state index contributed by atoms with van der Waals surface area (Å²) >= 11 is 6.07. The third kappa shape index (κ3) is 4.91. The number of ether oxygens (including phenoxy) is 1. The first kappa shape index (κ1) is 15.5. The van der Waals surface area contributed by atoms with Crippen molar-refractivity contribution < 1.29 is 4.74 Å².